The fourth-order valence-corrected chi connectivity index (χ4v) is 2.62. The van der Waals surface area contributed by atoms with Gasteiger partial charge in [-0.25, -0.2) is 0 Å². The topological polar surface area (TPSA) is 42.4 Å². The molecule has 0 amide bonds. The summed E-state index contributed by atoms with van der Waals surface area (Å²) in [6, 6.07) is 2.57. The maximum Gasteiger partial charge on any atom is 0.131 e. The van der Waals surface area contributed by atoms with Crippen LogP contribution in [0.5, 0.6) is 0 Å². The molecule has 0 aromatic carbocycles. The predicted octanol–water partition coefficient (Wildman–Crippen LogP) is 2.60. The number of hydrogen-bond donors (Lipinski definition) is 1. The van der Waals surface area contributed by atoms with Crippen molar-refractivity contribution in [2.45, 2.75) is 32.4 Å². The van der Waals surface area contributed by atoms with Crippen molar-refractivity contribution in [1.82, 2.24) is 4.90 Å². The number of hydrogen-bond acceptors (Lipinski definition) is 3. The van der Waals surface area contributed by atoms with Crippen LogP contribution in [0.2, 0.25) is 0 Å². The van der Waals surface area contributed by atoms with Crippen LogP contribution in [0.4, 0.5) is 0 Å². The molecule has 0 bridgehead atoms. The summed E-state index contributed by atoms with van der Waals surface area (Å²) in [6.45, 7) is 5.04. The van der Waals surface area contributed by atoms with Crippen molar-refractivity contribution < 1.29 is 4.42 Å². The first-order chi connectivity index (χ1) is 7.70. The third kappa shape index (κ3) is 2.67. The number of halogens is 1. The first kappa shape index (κ1) is 12.1. The lowest BCUT2D eigenvalue weighted by atomic mass is 9.93. The summed E-state index contributed by atoms with van der Waals surface area (Å²) < 4.78 is 6.53. The number of likely N-dealkylation sites (tertiary alicyclic amines) is 1. The van der Waals surface area contributed by atoms with Crippen LogP contribution in [-0.2, 0) is 6.54 Å². The Morgan fingerprint density at radius 3 is 3.00 bits per heavy atom. The molecule has 2 N–H and O–H groups in total. The lowest BCUT2D eigenvalue weighted by Crippen LogP contribution is -2.43. The van der Waals surface area contributed by atoms with E-state index < -0.39 is 0 Å². The Hall–Kier alpha value is -0.320. The van der Waals surface area contributed by atoms with Gasteiger partial charge in [0.2, 0.25) is 0 Å². The third-order valence-electron chi connectivity index (χ3n) is 3.48. The molecule has 0 spiro atoms. The van der Waals surface area contributed by atoms with Crippen LogP contribution in [0.25, 0.3) is 0 Å². The monoisotopic (exact) mass is 286 g/mol. The van der Waals surface area contributed by atoms with Crippen molar-refractivity contribution in [3.05, 3.63) is 22.6 Å². The molecular weight excluding hydrogens is 268 g/mol. The lowest BCUT2D eigenvalue weighted by molar-refractivity contribution is 0.105. The maximum absolute atomic E-state index is 5.75. The molecule has 2 rings (SSSR count). The van der Waals surface area contributed by atoms with Gasteiger partial charge in [-0.1, -0.05) is 0 Å². The minimum Gasteiger partial charge on any atom is -0.467 e. The predicted molar refractivity (Wildman–Crippen MR) is 68.1 cm³/mol. The first-order valence-electron chi connectivity index (χ1n) is 5.86. The Bertz CT molecular complexity index is 340. The van der Waals surface area contributed by atoms with Crippen LogP contribution >= 0.6 is 15.9 Å². The second-order valence-corrected chi connectivity index (χ2v) is 5.50. The highest BCUT2D eigenvalue weighted by molar-refractivity contribution is 9.10. The second kappa shape index (κ2) is 5.34. The van der Waals surface area contributed by atoms with E-state index in [2.05, 4.69) is 27.8 Å². The highest BCUT2D eigenvalue weighted by atomic mass is 79.9. The van der Waals surface area contributed by atoms with Gasteiger partial charge in [0, 0.05) is 12.6 Å². The maximum atomic E-state index is 5.75. The van der Waals surface area contributed by atoms with Crippen LogP contribution in [0.3, 0.4) is 0 Å². The molecule has 1 saturated heterocycles. The second-order valence-electron chi connectivity index (χ2n) is 4.65. The number of furan rings is 1. The molecule has 1 aromatic rings. The molecule has 0 radical (unpaired) electrons. The highest BCUT2D eigenvalue weighted by Gasteiger charge is 2.25. The van der Waals surface area contributed by atoms with Crippen LogP contribution < -0.4 is 5.73 Å². The van der Waals surface area contributed by atoms with E-state index in [1.807, 2.05) is 6.07 Å². The molecule has 2 atom stereocenters. The third-order valence-corrected chi connectivity index (χ3v) is 4.19. The highest BCUT2D eigenvalue weighted by Crippen LogP contribution is 2.26. The Balaban J connectivity index is 1.99. The van der Waals surface area contributed by atoms with E-state index in [0.717, 1.165) is 29.9 Å². The quantitative estimate of drug-likeness (QED) is 0.929. The van der Waals surface area contributed by atoms with Crippen molar-refractivity contribution in [1.29, 1.82) is 0 Å². The van der Waals surface area contributed by atoms with Crippen LogP contribution in [-0.4, -0.2) is 24.0 Å². The smallest absolute Gasteiger partial charge is 0.131 e. The summed E-state index contributed by atoms with van der Waals surface area (Å²) in [5.41, 5.74) is 5.75. The van der Waals surface area contributed by atoms with Crippen LogP contribution in [0.15, 0.2) is 21.2 Å². The fraction of sp³-hybridized carbons (Fsp3) is 0.667. The molecule has 90 valence electrons. The van der Waals surface area contributed by atoms with E-state index >= 15 is 0 Å². The summed E-state index contributed by atoms with van der Waals surface area (Å²) in [5, 5.41) is 0. The molecule has 1 fully saturated rings. The van der Waals surface area contributed by atoms with Crippen molar-refractivity contribution in [2.24, 2.45) is 11.7 Å². The molecule has 16 heavy (non-hydrogen) atoms. The van der Waals surface area contributed by atoms with Gasteiger partial charge in [0.15, 0.2) is 0 Å². The van der Waals surface area contributed by atoms with E-state index in [0.29, 0.717) is 12.0 Å². The van der Waals surface area contributed by atoms with E-state index in [1.54, 1.807) is 6.26 Å². The summed E-state index contributed by atoms with van der Waals surface area (Å²) in [7, 11) is 0. The number of piperidine rings is 1. The van der Waals surface area contributed by atoms with Gasteiger partial charge >= 0.3 is 0 Å². The van der Waals surface area contributed by atoms with Gasteiger partial charge in [-0.2, -0.15) is 0 Å². The van der Waals surface area contributed by atoms with Crippen LogP contribution in [0.1, 0.15) is 25.5 Å². The summed E-state index contributed by atoms with van der Waals surface area (Å²) in [6.07, 6.45) is 4.22. The van der Waals surface area contributed by atoms with Crippen molar-refractivity contribution >= 4 is 15.9 Å². The summed E-state index contributed by atoms with van der Waals surface area (Å²) in [4.78, 5) is 2.46. The molecule has 3 nitrogen and oxygen atoms in total. The van der Waals surface area contributed by atoms with Gasteiger partial charge in [0.1, 0.15) is 5.76 Å². The fourth-order valence-electron chi connectivity index (χ4n) is 2.30. The molecule has 2 unspecified atom stereocenters. The zero-order chi connectivity index (χ0) is 11.5. The van der Waals surface area contributed by atoms with Gasteiger partial charge < -0.3 is 10.2 Å². The summed E-state index contributed by atoms with van der Waals surface area (Å²) >= 11 is 3.50. The van der Waals surface area contributed by atoms with Gasteiger partial charge in [-0.3, -0.25) is 4.90 Å². The van der Waals surface area contributed by atoms with Crippen molar-refractivity contribution in [2.75, 3.05) is 13.1 Å². The van der Waals surface area contributed by atoms with E-state index in [-0.39, 0.29) is 0 Å². The summed E-state index contributed by atoms with van der Waals surface area (Å²) in [5.74, 6) is 1.66. The molecule has 2 heterocycles. The Morgan fingerprint density at radius 1 is 1.56 bits per heavy atom. The van der Waals surface area contributed by atoms with E-state index in [4.69, 9.17) is 10.2 Å². The van der Waals surface area contributed by atoms with Crippen molar-refractivity contribution in [3.8, 4) is 0 Å². The van der Waals surface area contributed by atoms with E-state index in [9.17, 15) is 0 Å². The average Bonchev–Trinajstić information content (AvgIpc) is 2.68. The molecule has 1 aromatic heterocycles. The molecular formula is C12H19BrN2O. The Morgan fingerprint density at radius 2 is 2.38 bits per heavy atom. The van der Waals surface area contributed by atoms with Gasteiger partial charge in [0.05, 0.1) is 17.3 Å². The Labute approximate surface area is 105 Å². The number of rotatable bonds is 3. The average molecular weight is 287 g/mol. The largest absolute Gasteiger partial charge is 0.467 e. The van der Waals surface area contributed by atoms with Crippen LogP contribution in [0, 0.1) is 5.92 Å². The Kier molecular flexibility index (Phi) is 4.05. The van der Waals surface area contributed by atoms with E-state index in [1.165, 1.54) is 12.8 Å². The van der Waals surface area contributed by atoms with Gasteiger partial charge in [-0.05, 0) is 54.2 Å². The molecule has 1 aliphatic heterocycles. The standard InChI is InChI=1S/C12H19BrN2O/c1-9-2-3-10(6-14)7-15(9)8-12-11(13)4-5-16-12/h4-5,9-10H,2-3,6-8,14H2,1H3. The zero-order valence-corrected chi connectivity index (χ0v) is 11.2. The normalized spacial score (nSPS) is 27.2. The minimum atomic E-state index is 0.625. The molecule has 0 aliphatic carbocycles. The SMILES string of the molecule is CC1CCC(CN)CN1Cc1occc1Br. The first-order valence-corrected chi connectivity index (χ1v) is 6.66. The molecule has 4 heteroatoms. The lowest BCUT2D eigenvalue weighted by Gasteiger charge is -2.37. The zero-order valence-electron chi connectivity index (χ0n) is 9.66. The number of nitrogens with two attached hydrogens (primary N) is 1. The minimum absolute atomic E-state index is 0.625. The van der Waals surface area contributed by atoms with Gasteiger partial charge in [0.25, 0.3) is 0 Å². The molecule has 0 saturated carbocycles. The van der Waals surface area contributed by atoms with Crippen molar-refractivity contribution in [3.63, 3.8) is 0 Å². The molecule has 1 aliphatic rings. The van der Waals surface area contributed by atoms with Gasteiger partial charge in [-0.15, -0.1) is 0 Å². The number of nitrogens with zero attached hydrogens (tertiary/aromatic N) is 1.